The number of likely N-dealkylation sites (N-methyl/N-ethyl adjacent to an activating group) is 1. The van der Waals surface area contributed by atoms with Gasteiger partial charge in [0.15, 0.2) is 0 Å². The van der Waals surface area contributed by atoms with Crippen molar-refractivity contribution in [3.05, 3.63) is 65.2 Å². The van der Waals surface area contributed by atoms with E-state index in [9.17, 15) is 0 Å². The summed E-state index contributed by atoms with van der Waals surface area (Å²) in [6.45, 7) is 6.28. The summed E-state index contributed by atoms with van der Waals surface area (Å²) in [6, 6.07) is 16.9. The molecule has 0 heterocycles. The third-order valence-corrected chi connectivity index (χ3v) is 3.62. The molecule has 0 saturated heterocycles. The maximum absolute atomic E-state index is 6.12. The number of para-hydroxylation sites is 1. The molecule has 0 spiro atoms. The Hall–Kier alpha value is -1.80. The van der Waals surface area contributed by atoms with Crippen LogP contribution in [0.15, 0.2) is 48.5 Å². The van der Waals surface area contributed by atoms with E-state index in [4.69, 9.17) is 4.74 Å². The van der Waals surface area contributed by atoms with Crippen molar-refractivity contribution in [1.82, 2.24) is 5.32 Å². The van der Waals surface area contributed by atoms with Gasteiger partial charge in [-0.3, -0.25) is 0 Å². The molecule has 2 atom stereocenters. The lowest BCUT2D eigenvalue weighted by Crippen LogP contribution is -2.31. The van der Waals surface area contributed by atoms with Crippen LogP contribution in [0.3, 0.4) is 0 Å². The number of hydrogen-bond acceptors (Lipinski definition) is 2. The molecule has 2 nitrogen and oxygen atoms in total. The first-order valence-corrected chi connectivity index (χ1v) is 7.08. The minimum atomic E-state index is 0.0591. The smallest absolute Gasteiger partial charge is 0.122 e. The van der Waals surface area contributed by atoms with Gasteiger partial charge in [-0.25, -0.2) is 0 Å². The standard InChI is InChI=1S/C18H23NO/c1-13-9-11-16(12-10-13)18(19-4)15(3)20-17-8-6-5-7-14(17)2/h5-12,15,18-19H,1-4H3. The van der Waals surface area contributed by atoms with Gasteiger partial charge in [-0.05, 0) is 45.0 Å². The van der Waals surface area contributed by atoms with Crippen LogP contribution in [-0.4, -0.2) is 13.2 Å². The molecule has 2 rings (SSSR count). The van der Waals surface area contributed by atoms with Crippen LogP contribution in [0.2, 0.25) is 0 Å². The molecule has 0 amide bonds. The van der Waals surface area contributed by atoms with Gasteiger partial charge in [0.05, 0.1) is 6.04 Å². The molecule has 0 aliphatic carbocycles. The number of ether oxygens (including phenoxy) is 1. The fourth-order valence-corrected chi connectivity index (χ4v) is 2.40. The molecule has 1 N–H and O–H groups in total. The molecule has 20 heavy (non-hydrogen) atoms. The predicted octanol–water partition coefficient (Wildman–Crippen LogP) is 4.03. The lowest BCUT2D eigenvalue weighted by Gasteiger charge is -2.26. The van der Waals surface area contributed by atoms with Crippen LogP contribution in [0.4, 0.5) is 0 Å². The molecule has 0 bridgehead atoms. The molecular formula is C18H23NO. The Bertz CT molecular complexity index is 548. The van der Waals surface area contributed by atoms with E-state index in [1.54, 1.807) is 0 Å². The molecule has 0 aliphatic rings. The molecule has 2 unspecified atom stereocenters. The zero-order chi connectivity index (χ0) is 14.5. The Morgan fingerprint density at radius 1 is 0.950 bits per heavy atom. The normalized spacial score (nSPS) is 13.8. The van der Waals surface area contributed by atoms with Crippen LogP contribution in [0, 0.1) is 13.8 Å². The van der Waals surface area contributed by atoms with Crippen LogP contribution in [-0.2, 0) is 0 Å². The summed E-state index contributed by atoms with van der Waals surface area (Å²) >= 11 is 0. The van der Waals surface area contributed by atoms with Gasteiger partial charge >= 0.3 is 0 Å². The average Bonchev–Trinajstić information content (AvgIpc) is 2.44. The van der Waals surface area contributed by atoms with E-state index in [1.807, 2.05) is 25.2 Å². The second-order valence-corrected chi connectivity index (χ2v) is 5.27. The Morgan fingerprint density at radius 2 is 1.60 bits per heavy atom. The van der Waals surface area contributed by atoms with Crippen molar-refractivity contribution >= 4 is 0 Å². The van der Waals surface area contributed by atoms with Crippen LogP contribution >= 0.6 is 0 Å². The highest BCUT2D eigenvalue weighted by atomic mass is 16.5. The van der Waals surface area contributed by atoms with E-state index in [1.165, 1.54) is 11.1 Å². The van der Waals surface area contributed by atoms with Gasteiger partial charge in [0.25, 0.3) is 0 Å². The molecule has 0 aliphatic heterocycles. The number of aryl methyl sites for hydroxylation is 2. The summed E-state index contributed by atoms with van der Waals surface area (Å²) in [6.07, 6.45) is 0.0591. The molecule has 0 fully saturated rings. The highest BCUT2D eigenvalue weighted by Crippen LogP contribution is 2.24. The molecule has 2 aromatic carbocycles. The number of benzene rings is 2. The van der Waals surface area contributed by atoms with E-state index >= 15 is 0 Å². The average molecular weight is 269 g/mol. The van der Waals surface area contributed by atoms with Gasteiger partial charge in [-0.1, -0.05) is 48.0 Å². The van der Waals surface area contributed by atoms with E-state index in [0.29, 0.717) is 0 Å². The first-order valence-electron chi connectivity index (χ1n) is 7.08. The monoisotopic (exact) mass is 269 g/mol. The van der Waals surface area contributed by atoms with Crippen LogP contribution < -0.4 is 10.1 Å². The van der Waals surface area contributed by atoms with Crippen molar-refractivity contribution in [2.75, 3.05) is 7.05 Å². The molecule has 0 saturated carbocycles. The summed E-state index contributed by atoms with van der Waals surface area (Å²) in [4.78, 5) is 0. The molecule has 2 heteroatoms. The van der Waals surface area contributed by atoms with Crippen molar-refractivity contribution < 1.29 is 4.74 Å². The maximum atomic E-state index is 6.12. The fourth-order valence-electron chi connectivity index (χ4n) is 2.40. The highest BCUT2D eigenvalue weighted by molar-refractivity contribution is 5.32. The van der Waals surface area contributed by atoms with Crippen molar-refractivity contribution in [2.45, 2.75) is 32.9 Å². The van der Waals surface area contributed by atoms with Gasteiger partial charge in [-0.2, -0.15) is 0 Å². The van der Waals surface area contributed by atoms with E-state index in [2.05, 4.69) is 56.4 Å². The Balaban J connectivity index is 2.15. The summed E-state index contributed by atoms with van der Waals surface area (Å²) in [5, 5.41) is 3.35. The number of hydrogen-bond donors (Lipinski definition) is 1. The first-order chi connectivity index (χ1) is 9.61. The summed E-state index contributed by atoms with van der Waals surface area (Å²) in [5.41, 5.74) is 3.69. The zero-order valence-corrected chi connectivity index (χ0v) is 12.7. The minimum Gasteiger partial charge on any atom is -0.488 e. The third kappa shape index (κ3) is 3.40. The molecule has 0 aromatic heterocycles. The lowest BCUT2D eigenvalue weighted by atomic mass is 10.0. The Labute approximate surface area is 121 Å². The SMILES string of the molecule is CNC(c1ccc(C)cc1)C(C)Oc1ccccc1C. The van der Waals surface area contributed by atoms with E-state index < -0.39 is 0 Å². The fraction of sp³-hybridized carbons (Fsp3) is 0.333. The quantitative estimate of drug-likeness (QED) is 0.884. The molecule has 106 valence electrons. The molecular weight excluding hydrogens is 246 g/mol. The molecule has 0 radical (unpaired) electrons. The van der Waals surface area contributed by atoms with Gasteiger partial charge in [0.1, 0.15) is 11.9 Å². The van der Waals surface area contributed by atoms with Crippen molar-refractivity contribution in [3.63, 3.8) is 0 Å². The van der Waals surface area contributed by atoms with E-state index in [-0.39, 0.29) is 12.1 Å². The Kier molecular flexibility index (Phi) is 4.80. The van der Waals surface area contributed by atoms with E-state index in [0.717, 1.165) is 11.3 Å². The second-order valence-electron chi connectivity index (χ2n) is 5.27. The van der Waals surface area contributed by atoms with Crippen LogP contribution in [0.25, 0.3) is 0 Å². The number of rotatable bonds is 5. The largest absolute Gasteiger partial charge is 0.488 e. The van der Waals surface area contributed by atoms with Crippen LogP contribution in [0.5, 0.6) is 5.75 Å². The van der Waals surface area contributed by atoms with Crippen molar-refractivity contribution in [2.24, 2.45) is 0 Å². The lowest BCUT2D eigenvalue weighted by molar-refractivity contribution is 0.174. The predicted molar refractivity (Wildman–Crippen MR) is 84.2 cm³/mol. The summed E-state index contributed by atoms with van der Waals surface area (Å²) in [5.74, 6) is 0.951. The van der Waals surface area contributed by atoms with Crippen molar-refractivity contribution in [1.29, 1.82) is 0 Å². The van der Waals surface area contributed by atoms with Crippen LogP contribution in [0.1, 0.15) is 29.7 Å². The topological polar surface area (TPSA) is 21.3 Å². The summed E-state index contributed by atoms with van der Waals surface area (Å²) in [7, 11) is 1.97. The summed E-state index contributed by atoms with van der Waals surface area (Å²) < 4.78 is 6.12. The second kappa shape index (κ2) is 6.58. The highest BCUT2D eigenvalue weighted by Gasteiger charge is 2.19. The van der Waals surface area contributed by atoms with Gasteiger partial charge in [0.2, 0.25) is 0 Å². The molecule has 2 aromatic rings. The number of nitrogens with one attached hydrogen (secondary N) is 1. The first kappa shape index (κ1) is 14.6. The maximum Gasteiger partial charge on any atom is 0.122 e. The third-order valence-electron chi connectivity index (χ3n) is 3.62. The van der Waals surface area contributed by atoms with Gasteiger partial charge in [0, 0.05) is 0 Å². The minimum absolute atomic E-state index is 0.0591. The van der Waals surface area contributed by atoms with Gasteiger partial charge in [-0.15, -0.1) is 0 Å². The zero-order valence-electron chi connectivity index (χ0n) is 12.7. The van der Waals surface area contributed by atoms with Crippen molar-refractivity contribution in [3.8, 4) is 5.75 Å². The van der Waals surface area contributed by atoms with Gasteiger partial charge < -0.3 is 10.1 Å². The Morgan fingerprint density at radius 3 is 2.20 bits per heavy atom.